The van der Waals surface area contributed by atoms with Crippen LogP contribution in [0.1, 0.15) is 19.4 Å². The summed E-state index contributed by atoms with van der Waals surface area (Å²) < 4.78 is 10.8. The topological polar surface area (TPSA) is 59.0 Å². The number of carboxylic acids is 1. The Morgan fingerprint density at radius 3 is 2.76 bits per heavy atom. The predicted molar refractivity (Wildman–Crippen MR) is 79.7 cm³/mol. The second kappa shape index (κ2) is 6.91. The molecule has 1 aromatic carbocycles. The van der Waals surface area contributed by atoms with E-state index in [9.17, 15) is 9.90 Å². The highest BCUT2D eigenvalue weighted by atomic mass is 16.5. The van der Waals surface area contributed by atoms with E-state index in [0.29, 0.717) is 39.3 Å². The first kappa shape index (κ1) is 15.8. The third-order valence-electron chi connectivity index (χ3n) is 3.93. The summed E-state index contributed by atoms with van der Waals surface area (Å²) in [7, 11) is 0. The van der Waals surface area contributed by atoms with E-state index < -0.39 is 11.5 Å². The Hall–Kier alpha value is -1.59. The summed E-state index contributed by atoms with van der Waals surface area (Å²) in [5.41, 5.74) is 0.0478. The molecular formula is C16H23NO4. The van der Waals surface area contributed by atoms with Crippen LogP contribution < -0.4 is 4.74 Å². The molecule has 1 unspecified atom stereocenters. The van der Waals surface area contributed by atoms with E-state index in [2.05, 4.69) is 0 Å². The molecule has 1 aliphatic heterocycles. The molecule has 1 aromatic rings. The lowest BCUT2D eigenvalue weighted by molar-refractivity contribution is -0.153. The summed E-state index contributed by atoms with van der Waals surface area (Å²) >= 11 is 0. The Balaban J connectivity index is 2.18. The van der Waals surface area contributed by atoms with Gasteiger partial charge >= 0.3 is 5.97 Å². The third kappa shape index (κ3) is 3.74. The van der Waals surface area contributed by atoms with Crippen molar-refractivity contribution in [3.63, 3.8) is 0 Å². The maximum Gasteiger partial charge on any atom is 0.324 e. The molecule has 0 radical (unpaired) electrons. The molecule has 1 saturated heterocycles. The molecule has 1 heterocycles. The second-order valence-corrected chi connectivity index (χ2v) is 5.44. The first-order valence-corrected chi connectivity index (χ1v) is 7.34. The van der Waals surface area contributed by atoms with Gasteiger partial charge in [-0.1, -0.05) is 12.1 Å². The van der Waals surface area contributed by atoms with Gasteiger partial charge in [-0.05, 0) is 31.5 Å². The molecule has 0 aromatic heterocycles. The summed E-state index contributed by atoms with van der Waals surface area (Å²) in [5, 5.41) is 9.71. The van der Waals surface area contributed by atoms with Crippen molar-refractivity contribution in [2.75, 3.05) is 32.9 Å². The van der Waals surface area contributed by atoms with Crippen molar-refractivity contribution < 1.29 is 19.4 Å². The molecular weight excluding hydrogens is 270 g/mol. The molecule has 0 aliphatic carbocycles. The van der Waals surface area contributed by atoms with Gasteiger partial charge in [0.2, 0.25) is 0 Å². The highest BCUT2D eigenvalue weighted by Crippen LogP contribution is 2.24. The molecule has 1 N–H and O–H groups in total. The summed E-state index contributed by atoms with van der Waals surface area (Å²) in [4.78, 5) is 13.8. The van der Waals surface area contributed by atoms with Crippen LogP contribution in [0.4, 0.5) is 0 Å². The molecule has 1 atom stereocenters. The Bertz CT molecular complexity index is 485. The van der Waals surface area contributed by atoms with Gasteiger partial charge in [0.25, 0.3) is 0 Å². The van der Waals surface area contributed by atoms with Gasteiger partial charge in [-0.3, -0.25) is 9.69 Å². The van der Waals surface area contributed by atoms with E-state index in [-0.39, 0.29) is 0 Å². The number of ether oxygens (including phenoxy) is 2. The second-order valence-electron chi connectivity index (χ2n) is 5.44. The Kier molecular flexibility index (Phi) is 5.20. The van der Waals surface area contributed by atoms with E-state index >= 15 is 0 Å². The molecule has 0 spiro atoms. The SMILES string of the molecule is CCOc1cccc(CC(C)(C(=O)O)N2CCOCC2)c1. The van der Waals surface area contributed by atoms with Crippen LogP contribution in [0.2, 0.25) is 0 Å². The monoisotopic (exact) mass is 293 g/mol. The van der Waals surface area contributed by atoms with Gasteiger partial charge in [-0.25, -0.2) is 0 Å². The minimum Gasteiger partial charge on any atom is -0.494 e. The molecule has 1 aliphatic rings. The highest BCUT2D eigenvalue weighted by Gasteiger charge is 2.40. The van der Waals surface area contributed by atoms with Crippen molar-refractivity contribution in [1.82, 2.24) is 4.90 Å². The van der Waals surface area contributed by atoms with E-state index in [0.717, 1.165) is 11.3 Å². The number of nitrogens with zero attached hydrogens (tertiary/aromatic N) is 1. The van der Waals surface area contributed by atoms with Crippen molar-refractivity contribution in [1.29, 1.82) is 0 Å². The van der Waals surface area contributed by atoms with Crippen molar-refractivity contribution in [3.8, 4) is 5.75 Å². The van der Waals surface area contributed by atoms with Gasteiger partial charge < -0.3 is 14.6 Å². The first-order valence-electron chi connectivity index (χ1n) is 7.34. The zero-order valence-electron chi connectivity index (χ0n) is 12.7. The average Bonchev–Trinajstić information content (AvgIpc) is 2.48. The lowest BCUT2D eigenvalue weighted by atomic mass is 9.90. The lowest BCUT2D eigenvalue weighted by Crippen LogP contribution is -2.57. The first-order chi connectivity index (χ1) is 10.1. The van der Waals surface area contributed by atoms with Crippen LogP contribution in [0.3, 0.4) is 0 Å². The Morgan fingerprint density at radius 1 is 1.43 bits per heavy atom. The number of rotatable bonds is 6. The van der Waals surface area contributed by atoms with E-state index in [4.69, 9.17) is 9.47 Å². The predicted octanol–water partition coefficient (Wildman–Crippen LogP) is 1.80. The quantitative estimate of drug-likeness (QED) is 0.866. The minimum absolute atomic E-state index is 0.448. The van der Waals surface area contributed by atoms with Crippen molar-refractivity contribution in [2.24, 2.45) is 0 Å². The standard InChI is InChI=1S/C16H23NO4/c1-3-21-14-6-4-5-13(11-14)12-16(2,15(18)19)17-7-9-20-10-8-17/h4-6,11H,3,7-10,12H2,1-2H3,(H,18,19). The Morgan fingerprint density at radius 2 is 2.14 bits per heavy atom. The molecule has 0 saturated carbocycles. The smallest absolute Gasteiger partial charge is 0.324 e. The zero-order chi connectivity index (χ0) is 15.3. The average molecular weight is 293 g/mol. The molecule has 0 bridgehead atoms. The van der Waals surface area contributed by atoms with Gasteiger partial charge in [-0.2, -0.15) is 0 Å². The van der Waals surface area contributed by atoms with Gasteiger partial charge in [0.05, 0.1) is 19.8 Å². The van der Waals surface area contributed by atoms with E-state index in [1.165, 1.54) is 0 Å². The third-order valence-corrected chi connectivity index (χ3v) is 3.93. The fourth-order valence-electron chi connectivity index (χ4n) is 2.69. The van der Waals surface area contributed by atoms with Crippen molar-refractivity contribution >= 4 is 5.97 Å². The molecule has 0 amide bonds. The van der Waals surface area contributed by atoms with Gasteiger partial charge in [-0.15, -0.1) is 0 Å². The molecule has 2 rings (SSSR count). The number of hydrogen-bond acceptors (Lipinski definition) is 4. The van der Waals surface area contributed by atoms with Gasteiger partial charge in [0.1, 0.15) is 11.3 Å². The Labute approximate surface area is 125 Å². The fourth-order valence-corrected chi connectivity index (χ4v) is 2.69. The fraction of sp³-hybridized carbons (Fsp3) is 0.562. The summed E-state index contributed by atoms with van der Waals surface area (Å²) in [6.45, 7) is 6.78. The normalized spacial score (nSPS) is 19.0. The summed E-state index contributed by atoms with van der Waals surface area (Å²) in [6.07, 6.45) is 0.448. The minimum atomic E-state index is -0.922. The van der Waals surface area contributed by atoms with Gasteiger partial charge in [0, 0.05) is 19.5 Å². The molecule has 5 nitrogen and oxygen atoms in total. The summed E-state index contributed by atoms with van der Waals surface area (Å²) in [6, 6.07) is 7.66. The van der Waals surface area contributed by atoms with Crippen LogP contribution in [0.5, 0.6) is 5.75 Å². The number of aliphatic carboxylic acids is 1. The van der Waals surface area contributed by atoms with Crippen LogP contribution in [0, 0.1) is 0 Å². The number of benzene rings is 1. The zero-order valence-corrected chi connectivity index (χ0v) is 12.7. The maximum atomic E-state index is 11.8. The highest BCUT2D eigenvalue weighted by molar-refractivity contribution is 5.78. The van der Waals surface area contributed by atoms with Gasteiger partial charge in [0.15, 0.2) is 0 Å². The number of morpholine rings is 1. The van der Waals surface area contributed by atoms with Crippen LogP contribution >= 0.6 is 0 Å². The van der Waals surface area contributed by atoms with Crippen molar-refractivity contribution in [2.45, 2.75) is 25.8 Å². The van der Waals surface area contributed by atoms with E-state index in [1.54, 1.807) is 6.92 Å². The molecule has 116 valence electrons. The lowest BCUT2D eigenvalue weighted by Gasteiger charge is -2.40. The van der Waals surface area contributed by atoms with Crippen LogP contribution in [0.15, 0.2) is 24.3 Å². The number of carbonyl (C=O) groups is 1. The maximum absolute atomic E-state index is 11.8. The largest absolute Gasteiger partial charge is 0.494 e. The number of hydrogen-bond donors (Lipinski definition) is 1. The van der Waals surface area contributed by atoms with E-state index in [1.807, 2.05) is 36.1 Å². The van der Waals surface area contributed by atoms with Crippen molar-refractivity contribution in [3.05, 3.63) is 29.8 Å². The van der Waals surface area contributed by atoms with Crippen LogP contribution in [0.25, 0.3) is 0 Å². The van der Waals surface area contributed by atoms with Crippen LogP contribution in [-0.2, 0) is 16.0 Å². The molecule has 21 heavy (non-hydrogen) atoms. The number of carboxylic acid groups (broad SMARTS) is 1. The molecule has 1 fully saturated rings. The van der Waals surface area contributed by atoms with Crippen LogP contribution in [-0.4, -0.2) is 54.4 Å². The summed E-state index contributed by atoms with van der Waals surface area (Å²) in [5.74, 6) is -0.0177. The molecule has 5 heteroatoms.